The van der Waals surface area contributed by atoms with Crippen LogP contribution in [0.25, 0.3) is 0 Å². The Morgan fingerprint density at radius 2 is 1.80 bits per heavy atom. The summed E-state index contributed by atoms with van der Waals surface area (Å²) < 4.78 is 0. The van der Waals surface area contributed by atoms with Crippen molar-refractivity contribution in [2.45, 2.75) is 12.5 Å². The smallest absolute Gasteiger partial charge is 0.320 e. The third-order valence-corrected chi connectivity index (χ3v) is 2.72. The molecule has 1 heterocycles. The van der Waals surface area contributed by atoms with E-state index in [-0.39, 0.29) is 5.91 Å². The number of nitrogens with one attached hydrogen (secondary N) is 2. The van der Waals surface area contributed by atoms with Crippen LogP contribution in [0.15, 0.2) is 24.3 Å². The highest BCUT2D eigenvalue weighted by molar-refractivity contribution is 6.30. The van der Waals surface area contributed by atoms with Crippen molar-refractivity contribution < 1.29 is 9.59 Å². The van der Waals surface area contributed by atoms with Gasteiger partial charge in [0.05, 0.1) is 0 Å². The molecule has 2 rings (SSSR count). The summed E-state index contributed by atoms with van der Waals surface area (Å²) in [6, 6.07) is 6.32. The molecule has 1 aliphatic heterocycles. The maximum Gasteiger partial charge on any atom is 0.322 e. The van der Waals surface area contributed by atoms with Crippen LogP contribution in [0.5, 0.6) is 0 Å². The molecule has 1 atom stereocenters. The average molecular weight is 225 g/mol. The SMILES string of the molecule is C[C@@]1(c2ccc(Cl)cc2)NC(=O)NC1=O. The Labute approximate surface area is 91.6 Å². The van der Waals surface area contributed by atoms with E-state index in [1.807, 2.05) is 0 Å². The number of hydrogen-bond donors (Lipinski definition) is 2. The first-order chi connectivity index (χ1) is 7.02. The highest BCUT2D eigenvalue weighted by Crippen LogP contribution is 2.25. The summed E-state index contributed by atoms with van der Waals surface area (Å²) in [4.78, 5) is 22.6. The van der Waals surface area contributed by atoms with Gasteiger partial charge in [-0.25, -0.2) is 4.79 Å². The Balaban J connectivity index is 2.41. The molecule has 4 nitrogen and oxygen atoms in total. The zero-order valence-corrected chi connectivity index (χ0v) is 8.76. The number of rotatable bonds is 1. The monoisotopic (exact) mass is 224 g/mol. The molecule has 78 valence electrons. The van der Waals surface area contributed by atoms with Crippen molar-refractivity contribution in [2.24, 2.45) is 0 Å². The molecule has 0 spiro atoms. The van der Waals surface area contributed by atoms with Crippen LogP contribution in [0.4, 0.5) is 4.79 Å². The first-order valence-corrected chi connectivity index (χ1v) is 4.80. The number of benzene rings is 1. The molecule has 0 aromatic heterocycles. The Morgan fingerprint density at radius 1 is 1.20 bits per heavy atom. The van der Waals surface area contributed by atoms with Gasteiger partial charge in [0.1, 0.15) is 5.54 Å². The van der Waals surface area contributed by atoms with E-state index in [4.69, 9.17) is 11.6 Å². The molecule has 1 aliphatic rings. The Kier molecular flexibility index (Phi) is 2.16. The van der Waals surface area contributed by atoms with Crippen molar-refractivity contribution in [3.8, 4) is 0 Å². The molecular weight excluding hydrogens is 216 g/mol. The number of urea groups is 1. The fraction of sp³-hybridized carbons (Fsp3) is 0.200. The average Bonchev–Trinajstić information content (AvgIpc) is 2.42. The largest absolute Gasteiger partial charge is 0.322 e. The minimum absolute atomic E-state index is 0.352. The Morgan fingerprint density at radius 3 is 2.27 bits per heavy atom. The van der Waals surface area contributed by atoms with E-state index in [0.29, 0.717) is 10.6 Å². The second-order valence-corrected chi connectivity index (χ2v) is 3.98. The molecule has 1 aromatic carbocycles. The third kappa shape index (κ3) is 1.57. The number of imide groups is 1. The Hall–Kier alpha value is -1.55. The van der Waals surface area contributed by atoms with Crippen molar-refractivity contribution in [3.05, 3.63) is 34.9 Å². The van der Waals surface area contributed by atoms with Gasteiger partial charge >= 0.3 is 6.03 Å². The highest BCUT2D eigenvalue weighted by Gasteiger charge is 2.43. The first kappa shape index (κ1) is 9.98. The van der Waals surface area contributed by atoms with Crippen LogP contribution in [0, 0.1) is 0 Å². The minimum atomic E-state index is -0.998. The van der Waals surface area contributed by atoms with Crippen LogP contribution in [0.3, 0.4) is 0 Å². The van der Waals surface area contributed by atoms with Crippen LogP contribution < -0.4 is 10.6 Å². The quantitative estimate of drug-likeness (QED) is 0.709. The van der Waals surface area contributed by atoms with Crippen molar-refractivity contribution in [2.75, 3.05) is 0 Å². The van der Waals surface area contributed by atoms with E-state index >= 15 is 0 Å². The molecule has 5 heteroatoms. The fourth-order valence-electron chi connectivity index (χ4n) is 1.53. The van der Waals surface area contributed by atoms with Crippen molar-refractivity contribution >= 4 is 23.5 Å². The molecule has 15 heavy (non-hydrogen) atoms. The van der Waals surface area contributed by atoms with Crippen LogP contribution in [-0.4, -0.2) is 11.9 Å². The maximum absolute atomic E-state index is 11.6. The topological polar surface area (TPSA) is 58.2 Å². The highest BCUT2D eigenvalue weighted by atomic mass is 35.5. The van der Waals surface area contributed by atoms with E-state index in [9.17, 15) is 9.59 Å². The van der Waals surface area contributed by atoms with E-state index in [0.717, 1.165) is 0 Å². The molecular formula is C10H9ClN2O2. The standard InChI is InChI=1S/C10H9ClN2O2/c1-10(8(14)12-9(15)13-10)6-2-4-7(11)5-3-6/h2-5H,1H3,(H2,12,13,14,15)/t10-/m0/s1. The first-order valence-electron chi connectivity index (χ1n) is 4.42. The van der Waals surface area contributed by atoms with Crippen LogP contribution >= 0.6 is 11.6 Å². The van der Waals surface area contributed by atoms with Crippen molar-refractivity contribution in [1.82, 2.24) is 10.6 Å². The molecule has 0 unspecified atom stereocenters. The van der Waals surface area contributed by atoms with E-state index in [2.05, 4.69) is 10.6 Å². The summed E-state index contributed by atoms with van der Waals surface area (Å²) in [6.07, 6.45) is 0. The zero-order chi connectivity index (χ0) is 11.1. The van der Waals surface area contributed by atoms with Gasteiger partial charge < -0.3 is 5.32 Å². The van der Waals surface area contributed by atoms with Gasteiger partial charge in [-0.3, -0.25) is 10.1 Å². The molecule has 2 N–H and O–H groups in total. The lowest BCUT2D eigenvalue weighted by Crippen LogP contribution is -2.40. The number of amides is 3. The molecule has 1 saturated heterocycles. The van der Waals surface area contributed by atoms with Gasteiger partial charge in [0.25, 0.3) is 5.91 Å². The summed E-state index contributed by atoms with van der Waals surface area (Å²) in [5.74, 6) is -0.352. The predicted molar refractivity (Wildman–Crippen MR) is 55.5 cm³/mol. The van der Waals surface area contributed by atoms with E-state index < -0.39 is 11.6 Å². The predicted octanol–water partition coefficient (Wildman–Crippen LogP) is 1.39. The minimum Gasteiger partial charge on any atom is -0.320 e. The lowest BCUT2D eigenvalue weighted by atomic mass is 9.92. The van der Waals surface area contributed by atoms with Crippen LogP contribution in [0.2, 0.25) is 5.02 Å². The van der Waals surface area contributed by atoms with Gasteiger partial charge in [0.15, 0.2) is 0 Å². The van der Waals surface area contributed by atoms with Crippen LogP contribution in [-0.2, 0) is 10.3 Å². The number of carbonyl (C=O) groups is 2. The van der Waals surface area contributed by atoms with Gasteiger partial charge in [-0.05, 0) is 24.6 Å². The summed E-state index contributed by atoms with van der Waals surface area (Å²) in [7, 11) is 0. The molecule has 3 amide bonds. The van der Waals surface area contributed by atoms with E-state index in [1.165, 1.54) is 0 Å². The van der Waals surface area contributed by atoms with Gasteiger partial charge in [0, 0.05) is 5.02 Å². The maximum atomic E-state index is 11.6. The van der Waals surface area contributed by atoms with Crippen molar-refractivity contribution in [1.29, 1.82) is 0 Å². The van der Waals surface area contributed by atoms with Gasteiger partial charge in [-0.1, -0.05) is 23.7 Å². The van der Waals surface area contributed by atoms with Gasteiger partial charge in [-0.2, -0.15) is 0 Å². The van der Waals surface area contributed by atoms with Crippen LogP contribution in [0.1, 0.15) is 12.5 Å². The summed E-state index contributed by atoms with van der Waals surface area (Å²) in [5, 5.41) is 5.36. The molecule has 0 radical (unpaired) electrons. The molecule has 0 saturated carbocycles. The number of carbonyl (C=O) groups excluding carboxylic acids is 2. The molecule has 0 aliphatic carbocycles. The molecule has 1 fully saturated rings. The number of hydrogen-bond acceptors (Lipinski definition) is 2. The summed E-state index contributed by atoms with van der Waals surface area (Å²) >= 11 is 5.74. The van der Waals surface area contributed by atoms with Crippen molar-refractivity contribution in [3.63, 3.8) is 0 Å². The molecule has 1 aromatic rings. The third-order valence-electron chi connectivity index (χ3n) is 2.47. The molecule has 0 bridgehead atoms. The zero-order valence-electron chi connectivity index (χ0n) is 8.00. The number of halogens is 1. The second-order valence-electron chi connectivity index (χ2n) is 3.54. The fourth-order valence-corrected chi connectivity index (χ4v) is 1.66. The Bertz CT molecular complexity index is 430. The van der Waals surface area contributed by atoms with Gasteiger partial charge in [0.2, 0.25) is 0 Å². The summed E-state index contributed by atoms with van der Waals surface area (Å²) in [5.41, 5.74) is -0.294. The van der Waals surface area contributed by atoms with E-state index in [1.54, 1.807) is 31.2 Å². The summed E-state index contributed by atoms with van der Waals surface area (Å²) in [6.45, 7) is 1.65. The lowest BCUT2D eigenvalue weighted by molar-refractivity contribution is -0.123. The second kappa shape index (κ2) is 3.24. The lowest BCUT2D eigenvalue weighted by Gasteiger charge is -2.20. The normalized spacial score (nSPS) is 24.9. The van der Waals surface area contributed by atoms with Gasteiger partial charge in [-0.15, -0.1) is 0 Å².